The van der Waals surface area contributed by atoms with Crippen LogP contribution in [-0.2, 0) is 4.74 Å². The largest absolute Gasteiger partial charge is 0.383 e. The summed E-state index contributed by atoms with van der Waals surface area (Å²) < 4.78 is 5.18. The van der Waals surface area contributed by atoms with E-state index in [1.165, 1.54) is 0 Å². The topological polar surface area (TPSA) is 141 Å². The molecule has 9 heteroatoms. The fraction of sp³-hybridized carbons (Fsp3) is 0.545. The molecule has 2 aromatic rings. The molecule has 0 spiro atoms. The lowest BCUT2D eigenvalue weighted by Gasteiger charge is -2.30. The Morgan fingerprint density at radius 3 is 2.77 bits per heavy atom. The first kappa shape index (κ1) is 22.7. The van der Waals surface area contributed by atoms with Crippen molar-refractivity contribution >= 4 is 28.6 Å². The van der Waals surface area contributed by atoms with Crippen molar-refractivity contribution in [3.63, 3.8) is 0 Å². The Hall–Kier alpha value is -2.94. The van der Waals surface area contributed by atoms with Crippen LogP contribution in [0.15, 0.2) is 23.2 Å². The van der Waals surface area contributed by atoms with Crippen molar-refractivity contribution in [2.45, 2.75) is 64.1 Å². The number of hydrogen-bond acceptors (Lipinski definition) is 6. The van der Waals surface area contributed by atoms with Crippen molar-refractivity contribution in [1.29, 1.82) is 0 Å². The molecule has 1 fully saturated rings. The van der Waals surface area contributed by atoms with Gasteiger partial charge < -0.3 is 26.8 Å². The van der Waals surface area contributed by atoms with Gasteiger partial charge in [0.2, 0.25) is 5.82 Å². The third kappa shape index (κ3) is 5.81. The molecule has 1 aromatic heterocycles. The minimum Gasteiger partial charge on any atom is -0.383 e. The maximum absolute atomic E-state index is 12.9. The normalized spacial score (nSPS) is 19.6. The van der Waals surface area contributed by atoms with Crippen molar-refractivity contribution in [3.8, 4) is 0 Å². The maximum Gasteiger partial charge on any atom is 0.289 e. The van der Waals surface area contributed by atoms with Gasteiger partial charge in [0.05, 0.1) is 30.2 Å². The Kier molecular flexibility index (Phi) is 7.62. The van der Waals surface area contributed by atoms with E-state index in [2.05, 4.69) is 25.6 Å². The highest BCUT2D eigenvalue weighted by Gasteiger charge is 2.26. The number of aryl methyl sites for hydroxylation is 1. The quantitative estimate of drug-likeness (QED) is 0.373. The standard InChI is InChI=1S/C22H33N7O2/c1-4-14(12-31-3)25-21(30)20-26-16-10-9-13(2)11-15(16)19(29-20)27-17-7-5-6-8-18(17)28-22(23)24/h9-11,14,17-18H,4-8,12H2,1-3H3,(H,25,30)(H4,23,24,28)(H,26,27,29). The van der Waals surface area contributed by atoms with E-state index in [1.807, 2.05) is 32.0 Å². The second kappa shape index (κ2) is 10.4. The molecule has 9 nitrogen and oxygen atoms in total. The van der Waals surface area contributed by atoms with Gasteiger partial charge in [-0.1, -0.05) is 31.4 Å². The van der Waals surface area contributed by atoms with Gasteiger partial charge in [0, 0.05) is 12.5 Å². The number of rotatable bonds is 8. The van der Waals surface area contributed by atoms with Gasteiger partial charge in [-0.15, -0.1) is 0 Å². The number of nitrogens with one attached hydrogen (secondary N) is 2. The van der Waals surface area contributed by atoms with E-state index >= 15 is 0 Å². The van der Waals surface area contributed by atoms with E-state index in [-0.39, 0.29) is 35.8 Å². The second-order valence-corrected chi connectivity index (χ2v) is 8.11. The molecular formula is C22H33N7O2. The summed E-state index contributed by atoms with van der Waals surface area (Å²) in [5.41, 5.74) is 13.1. The monoisotopic (exact) mass is 427 g/mol. The summed E-state index contributed by atoms with van der Waals surface area (Å²) in [7, 11) is 1.61. The molecule has 3 atom stereocenters. The van der Waals surface area contributed by atoms with Crippen molar-refractivity contribution in [1.82, 2.24) is 15.3 Å². The third-order valence-electron chi connectivity index (χ3n) is 5.62. The predicted octanol–water partition coefficient (Wildman–Crippen LogP) is 2.09. The minimum atomic E-state index is -0.321. The lowest BCUT2D eigenvalue weighted by molar-refractivity contribution is 0.0884. The molecule has 0 bridgehead atoms. The van der Waals surface area contributed by atoms with Gasteiger partial charge in [-0.2, -0.15) is 0 Å². The number of nitrogens with two attached hydrogens (primary N) is 2. The summed E-state index contributed by atoms with van der Waals surface area (Å²) in [4.78, 5) is 26.4. The van der Waals surface area contributed by atoms with Gasteiger partial charge in [-0.3, -0.25) is 4.79 Å². The number of nitrogens with zero attached hydrogens (tertiary/aromatic N) is 3. The van der Waals surface area contributed by atoms with Crippen molar-refractivity contribution < 1.29 is 9.53 Å². The molecule has 1 amide bonds. The number of hydrogen-bond donors (Lipinski definition) is 4. The molecule has 0 aliphatic heterocycles. The number of ether oxygens (including phenoxy) is 1. The molecule has 31 heavy (non-hydrogen) atoms. The zero-order chi connectivity index (χ0) is 22.4. The van der Waals surface area contributed by atoms with Crippen LogP contribution in [0.4, 0.5) is 5.82 Å². The van der Waals surface area contributed by atoms with Crippen LogP contribution in [0.3, 0.4) is 0 Å². The summed E-state index contributed by atoms with van der Waals surface area (Å²) in [6.07, 6.45) is 4.74. The number of carbonyl (C=O) groups is 1. The van der Waals surface area contributed by atoms with Crippen LogP contribution in [-0.4, -0.2) is 53.7 Å². The molecule has 1 aliphatic carbocycles. The van der Waals surface area contributed by atoms with E-state index in [9.17, 15) is 4.79 Å². The number of amides is 1. The molecule has 3 unspecified atom stereocenters. The lowest BCUT2D eigenvalue weighted by Crippen LogP contribution is -2.39. The van der Waals surface area contributed by atoms with Crippen LogP contribution >= 0.6 is 0 Å². The summed E-state index contributed by atoms with van der Waals surface area (Å²) >= 11 is 0. The number of benzene rings is 1. The Labute approximate surface area is 183 Å². The zero-order valence-electron chi connectivity index (χ0n) is 18.5. The van der Waals surface area contributed by atoms with Crippen LogP contribution in [0.25, 0.3) is 10.9 Å². The number of aliphatic imine (C=N–C) groups is 1. The number of carbonyl (C=O) groups excluding carboxylic acids is 1. The Morgan fingerprint density at radius 2 is 2.06 bits per heavy atom. The average molecular weight is 428 g/mol. The molecule has 1 aliphatic rings. The highest BCUT2D eigenvalue weighted by molar-refractivity contribution is 5.96. The molecule has 0 saturated heterocycles. The second-order valence-electron chi connectivity index (χ2n) is 8.11. The van der Waals surface area contributed by atoms with Gasteiger partial charge in [-0.05, 0) is 38.3 Å². The van der Waals surface area contributed by atoms with Gasteiger partial charge in [0.25, 0.3) is 5.91 Å². The molecule has 1 saturated carbocycles. The van der Waals surface area contributed by atoms with E-state index in [0.717, 1.165) is 43.1 Å². The summed E-state index contributed by atoms with van der Waals surface area (Å²) in [5.74, 6) is 0.522. The average Bonchev–Trinajstić information content (AvgIpc) is 2.74. The van der Waals surface area contributed by atoms with Crippen LogP contribution in [0.1, 0.15) is 55.2 Å². The van der Waals surface area contributed by atoms with Crippen LogP contribution < -0.4 is 22.1 Å². The van der Waals surface area contributed by atoms with E-state index < -0.39 is 0 Å². The molecule has 0 radical (unpaired) electrons. The van der Waals surface area contributed by atoms with Gasteiger partial charge in [0.1, 0.15) is 5.82 Å². The molecular weight excluding hydrogens is 394 g/mol. The fourth-order valence-corrected chi connectivity index (χ4v) is 3.97. The number of guanidine groups is 1. The van der Waals surface area contributed by atoms with Crippen molar-refractivity contribution in [3.05, 3.63) is 29.6 Å². The zero-order valence-corrected chi connectivity index (χ0v) is 18.5. The first-order chi connectivity index (χ1) is 14.9. The Morgan fingerprint density at radius 1 is 1.29 bits per heavy atom. The van der Waals surface area contributed by atoms with Gasteiger partial charge in [0.15, 0.2) is 5.96 Å². The van der Waals surface area contributed by atoms with Gasteiger partial charge in [-0.25, -0.2) is 15.0 Å². The first-order valence-corrected chi connectivity index (χ1v) is 10.8. The van der Waals surface area contributed by atoms with E-state index in [1.54, 1.807) is 7.11 Å². The number of methoxy groups -OCH3 is 1. The minimum absolute atomic E-state index is 0.0299. The molecule has 168 valence electrons. The highest BCUT2D eigenvalue weighted by atomic mass is 16.5. The van der Waals surface area contributed by atoms with Gasteiger partial charge >= 0.3 is 0 Å². The van der Waals surface area contributed by atoms with E-state index in [0.29, 0.717) is 17.9 Å². The number of anilines is 1. The summed E-state index contributed by atoms with van der Waals surface area (Å²) in [6, 6.07) is 5.81. The Bertz CT molecular complexity index is 943. The van der Waals surface area contributed by atoms with Crippen molar-refractivity contribution in [2.24, 2.45) is 16.5 Å². The smallest absolute Gasteiger partial charge is 0.289 e. The van der Waals surface area contributed by atoms with E-state index in [4.69, 9.17) is 16.2 Å². The molecule has 3 rings (SSSR count). The lowest BCUT2D eigenvalue weighted by atomic mass is 9.90. The molecule has 1 heterocycles. The third-order valence-corrected chi connectivity index (χ3v) is 5.62. The van der Waals surface area contributed by atoms with Crippen LogP contribution in [0.2, 0.25) is 0 Å². The number of aromatic nitrogens is 2. The summed E-state index contributed by atoms with van der Waals surface area (Å²) in [5, 5.41) is 7.34. The molecule has 1 aromatic carbocycles. The summed E-state index contributed by atoms with van der Waals surface area (Å²) in [6.45, 7) is 4.44. The maximum atomic E-state index is 12.9. The SMILES string of the molecule is CCC(COC)NC(=O)c1nc(NC2CCCCC2N=C(N)N)c2cc(C)ccc2n1. The first-order valence-electron chi connectivity index (χ1n) is 10.8. The van der Waals surface area contributed by atoms with Crippen LogP contribution in [0, 0.1) is 6.92 Å². The predicted molar refractivity (Wildman–Crippen MR) is 123 cm³/mol. The number of fused-ring (bicyclic) bond motifs is 1. The Balaban J connectivity index is 1.96. The highest BCUT2D eigenvalue weighted by Crippen LogP contribution is 2.28. The fourth-order valence-electron chi connectivity index (χ4n) is 3.97. The molecule has 6 N–H and O–H groups in total. The van der Waals surface area contributed by atoms with Crippen molar-refractivity contribution in [2.75, 3.05) is 19.0 Å². The van der Waals surface area contributed by atoms with Crippen LogP contribution in [0.5, 0.6) is 0 Å².